The predicted octanol–water partition coefficient (Wildman–Crippen LogP) is 0.0371. The summed E-state index contributed by atoms with van der Waals surface area (Å²) >= 11 is 4.04. The van der Waals surface area contributed by atoms with E-state index >= 15 is 0 Å². The van der Waals surface area contributed by atoms with Gasteiger partial charge in [0.25, 0.3) is 0 Å². The number of nitrogens with one attached hydrogen (secondary N) is 4. The first-order chi connectivity index (χ1) is 17.2. The lowest BCUT2D eigenvalue weighted by molar-refractivity contribution is -0.143. The number of carbonyl (C=O) groups is 4. The Morgan fingerprint density at radius 3 is 2.19 bits per heavy atom. The van der Waals surface area contributed by atoms with Crippen LogP contribution in [0.25, 0.3) is 0 Å². The number of nitrogens with zero attached hydrogens (tertiary/aromatic N) is 1. The fourth-order valence-electron chi connectivity index (χ4n) is 3.46. The molecular formula is C24H34N6O5S. The number of aromatic nitrogens is 2. The molecule has 0 bridgehead atoms. The summed E-state index contributed by atoms with van der Waals surface area (Å²) in [5, 5.41) is 17.4. The summed E-state index contributed by atoms with van der Waals surface area (Å²) in [4.78, 5) is 57.5. The van der Waals surface area contributed by atoms with E-state index < -0.39 is 47.9 Å². The van der Waals surface area contributed by atoms with Crippen molar-refractivity contribution in [3.05, 3.63) is 54.1 Å². The first-order valence-corrected chi connectivity index (χ1v) is 12.3. The minimum absolute atomic E-state index is 0.0343. The van der Waals surface area contributed by atoms with Crippen LogP contribution in [0.5, 0.6) is 0 Å². The number of rotatable bonds is 14. The third kappa shape index (κ3) is 8.68. The second kappa shape index (κ2) is 14.2. The highest BCUT2D eigenvalue weighted by molar-refractivity contribution is 7.80. The smallest absolute Gasteiger partial charge is 0.326 e. The second-order valence-corrected chi connectivity index (χ2v) is 8.96. The summed E-state index contributed by atoms with van der Waals surface area (Å²) in [7, 11) is 0. The number of imidazole rings is 1. The Balaban J connectivity index is 2.27. The molecule has 0 saturated heterocycles. The van der Waals surface area contributed by atoms with Gasteiger partial charge in [-0.3, -0.25) is 14.4 Å². The van der Waals surface area contributed by atoms with Gasteiger partial charge in [-0.2, -0.15) is 12.6 Å². The number of benzene rings is 1. The fourth-order valence-corrected chi connectivity index (χ4v) is 3.62. The average Bonchev–Trinajstić information content (AvgIpc) is 3.38. The highest BCUT2D eigenvalue weighted by Gasteiger charge is 2.32. The van der Waals surface area contributed by atoms with Crippen LogP contribution in [0, 0.1) is 5.92 Å². The van der Waals surface area contributed by atoms with E-state index in [0.717, 1.165) is 5.56 Å². The number of nitrogens with two attached hydrogens (primary N) is 1. The number of amides is 3. The number of thiol groups is 1. The normalized spacial score (nSPS) is 15.1. The number of hydrogen-bond donors (Lipinski definition) is 7. The number of aromatic amines is 1. The monoisotopic (exact) mass is 518 g/mol. The van der Waals surface area contributed by atoms with Crippen LogP contribution in [0.3, 0.4) is 0 Å². The molecule has 12 heteroatoms. The minimum Gasteiger partial charge on any atom is -0.480 e. The van der Waals surface area contributed by atoms with Crippen molar-refractivity contribution in [3.63, 3.8) is 0 Å². The Bertz CT molecular complexity index is 1000. The second-order valence-electron chi connectivity index (χ2n) is 8.59. The molecule has 5 unspecified atom stereocenters. The van der Waals surface area contributed by atoms with Crippen molar-refractivity contribution in [2.24, 2.45) is 11.7 Å². The Labute approximate surface area is 215 Å². The minimum atomic E-state index is -1.17. The predicted molar refractivity (Wildman–Crippen MR) is 137 cm³/mol. The molecule has 196 valence electrons. The summed E-state index contributed by atoms with van der Waals surface area (Å²) in [6, 6.07) is 4.85. The molecule has 1 heterocycles. The molecule has 1 aromatic heterocycles. The van der Waals surface area contributed by atoms with Crippen molar-refractivity contribution in [3.8, 4) is 0 Å². The van der Waals surface area contributed by atoms with E-state index in [1.807, 2.05) is 25.1 Å². The van der Waals surface area contributed by atoms with E-state index in [1.54, 1.807) is 19.1 Å². The highest BCUT2D eigenvalue weighted by atomic mass is 32.1. The van der Waals surface area contributed by atoms with E-state index in [2.05, 4.69) is 38.5 Å². The van der Waals surface area contributed by atoms with Gasteiger partial charge in [-0.25, -0.2) is 9.78 Å². The standard InChI is InChI=1S/C24H34N6O5S/c1-3-14(2)20(24(34)35)30-23(33)19(10-16-11-26-13-27-16)29-22(32)18(28-21(31)17(25)12-36)9-15-7-5-4-6-8-15/h4-8,11,13-14,17-20,36H,3,9-10,12,25H2,1-2H3,(H,26,27)(H,28,31)(H,29,32)(H,30,33)(H,34,35). The molecule has 0 aliphatic carbocycles. The quantitative estimate of drug-likeness (QED) is 0.172. The maximum Gasteiger partial charge on any atom is 0.326 e. The van der Waals surface area contributed by atoms with Crippen LogP contribution in [0.2, 0.25) is 0 Å². The van der Waals surface area contributed by atoms with Gasteiger partial charge in [0.15, 0.2) is 0 Å². The van der Waals surface area contributed by atoms with Gasteiger partial charge in [0.1, 0.15) is 18.1 Å². The Morgan fingerprint density at radius 1 is 1.03 bits per heavy atom. The van der Waals surface area contributed by atoms with E-state index in [0.29, 0.717) is 12.1 Å². The first kappa shape index (κ1) is 28.9. The third-order valence-electron chi connectivity index (χ3n) is 5.84. The molecule has 1 aromatic carbocycles. The lowest BCUT2D eigenvalue weighted by Gasteiger charge is -2.26. The Hall–Kier alpha value is -3.38. The van der Waals surface area contributed by atoms with Gasteiger partial charge >= 0.3 is 5.97 Å². The maximum atomic E-state index is 13.3. The summed E-state index contributed by atoms with van der Waals surface area (Å²) < 4.78 is 0. The van der Waals surface area contributed by atoms with Crippen molar-refractivity contribution < 1.29 is 24.3 Å². The van der Waals surface area contributed by atoms with Crippen molar-refractivity contribution in [1.82, 2.24) is 25.9 Å². The molecule has 0 saturated carbocycles. The Kier molecular flexibility index (Phi) is 11.4. The molecule has 5 atom stereocenters. The molecule has 11 nitrogen and oxygen atoms in total. The molecule has 0 aliphatic heterocycles. The van der Waals surface area contributed by atoms with Gasteiger partial charge in [0.2, 0.25) is 17.7 Å². The van der Waals surface area contributed by atoms with Crippen molar-refractivity contribution in [1.29, 1.82) is 0 Å². The van der Waals surface area contributed by atoms with Crippen LogP contribution >= 0.6 is 12.6 Å². The molecule has 3 amide bonds. The van der Waals surface area contributed by atoms with Crippen LogP contribution in [0.1, 0.15) is 31.5 Å². The summed E-state index contributed by atoms with van der Waals surface area (Å²) in [6.07, 6.45) is 3.66. The van der Waals surface area contributed by atoms with Crippen molar-refractivity contribution >= 4 is 36.3 Å². The van der Waals surface area contributed by atoms with Crippen molar-refractivity contribution in [2.45, 2.75) is 57.3 Å². The van der Waals surface area contributed by atoms with Gasteiger partial charge < -0.3 is 31.8 Å². The zero-order valence-corrected chi connectivity index (χ0v) is 21.2. The number of carboxylic acid groups (broad SMARTS) is 1. The summed E-state index contributed by atoms with van der Waals surface area (Å²) in [5.74, 6) is -3.25. The SMILES string of the molecule is CCC(C)C(NC(=O)C(Cc1cnc[nH]1)NC(=O)C(Cc1ccccc1)NC(=O)C(N)CS)C(=O)O. The van der Waals surface area contributed by atoms with Crippen LogP contribution < -0.4 is 21.7 Å². The maximum absolute atomic E-state index is 13.3. The summed E-state index contributed by atoms with van der Waals surface area (Å²) in [5.41, 5.74) is 7.12. The fraction of sp³-hybridized carbons (Fsp3) is 0.458. The molecular weight excluding hydrogens is 484 g/mol. The summed E-state index contributed by atoms with van der Waals surface area (Å²) in [6.45, 7) is 3.54. The topological polar surface area (TPSA) is 179 Å². The molecule has 0 spiro atoms. The highest BCUT2D eigenvalue weighted by Crippen LogP contribution is 2.10. The molecule has 0 fully saturated rings. The molecule has 7 N–H and O–H groups in total. The molecule has 2 aromatic rings. The number of carboxylic acids is 1. The van der Waals surface area contributed by atoms with E-state index in [4.69, 9.17) is 5.73 Å². The number of hydrogen-bond acceptors (Lipinski definition) is 7. The van der Waals surface area contributed by atoms with Gasteiger partial charge in [-0.15, -0.1) is 0 Å². The lowest BCUT2D eigenvalue weighted by atomic mass is 9.98. The van der Waals surface area contributed by atoms with Gasteiger partial charge in [-0.05, 0) is 11.5 Å². The van der Waals surface area contributed by atoms with Crippen LogP contribution in [-0.2, 0) is 32.0 Å². The van der Waals surface area contributed by atoms with E-state index in [1.165, 1.54) is 12.5 Å². The van der Waals surface area contributed by atoms with Crippen LogP contribution in [-0.4, -0.2) is 68.7 Å². The van der Waals surface area contributed by atoms with Gasteiger partial charge in [0.05, 0.1) is 12.4 Å². The zero-order valence-electron chi connectivity index (χ0n) is 20.3. The number of aliphatic carboxylic acids is 1. The largest absolute Gasteiger partial charge is 0.480 e. The van der Waals surface area contributed by atoms with E-state index in [-0.39, 0.29) is 24.5 Å². The van der Waals surface area contributed by atoms with Gasteiger partial charge in [-0.1, -0.05) is 50.6 Å². The van der Waals surface area contributed by atoms with E-state index in [9.17, 15) is 24.3 Å². The Morgan fingerprint density at radius 2 is 1.64 bits per heavy atom. The lowest BCUT2D eigenvalue weighted by Crippen LogP contribution is -2.58. The average molecular weight is 519 g/mol. The number of H-pyrrole nitrogens is 1. The molecule has 36 heavy (non-hydrogen) atoms. The molecule has 0 aliphatic rings. The zero-order chi connectivity index (χ0) is 26.7. The van der Waals surface area contributed by atoms with Crippen LogP contribution in [0.15, 0.2) is 42.9 Å². The first-order valence-electron chi connectivity index (χ1n) is 11.7. The van der Waals surface area contributed by atoms with Crippen molar-refractivity contribution in [2.75, 3.05) is 5.75 Å². The molecule has 0 radical (unpaired) electrons. The van der Waals surface area contributed by atoms with Gasteiger partial charge in [0, 0.05) is 30.5 Å². The number of carbonyl (C=O) groups excluding carboxylic acids is 3. The third-order valence-corrected chi connectivity index (χ3v) is 6.23. The molecule has 2 rings (SSSR count). The van der Waals surface area contributed by atoms with Crippen LogP contribution in [0.4, 0.5) is 0 Å².